The summed E-state index contributed by atoms with van der Waals surface area (Å²) in [7, 11) is 2.04. The molecule has 1 amide bonds. The van der Waals surface area contributed by atoms with Crippen LogP contribution in [0.2, 0.25) is 0 Å². The number of amides is 1. The molecule has 1 atom stereocenters. The van der Waals surface area contributed by atoms with Crippen LogP contribution < -0.4 is 5.32 Å². The minimum Gasteiger partial charge on any atom is -0.382 e. The van der Waals surface area contributed by atoms with Crippen molar-refractivity contribution < 1.29 is 9.00 Å². The molecule has 0 saturated heterocycles. The first-order chi connectivity index (χ1) is 11.0. The standard InChI is InChI=1S/C18H20N2O2S/c1-14-9-11-15(12-10-14)19-18(21)17(13-20(2)3)23(22)16-7-5-4-6-8-16/h4-13H,1-3H3,(H,19,21)/b17-13-. The number of nitrogens with zero attached hydrogens (tertiary/aromatic N) is 1. The van der Waals surface area contributed by atoms with Crippen LogP contribution in [0.4, 0.5) is 5.69 Å². The Kier molecular flexibility index (Phi) is 5.71. The molecule has 1 unspecified atom stereocenters. The van der Waals surface area contributed by atoms with Crippen molar-refractivity contribution in [3.05, 3.63) is 71.3 Å². The average molecular weight is 328 g/mol. The zero-order chi connectivity index (χ0) is 16.8. The summed E-state index contributed by atoms with van der Waals surface area (Å²) in [4.78, 5) is 15.1. The van der Waals surface area contributed by atoms with Crippen molar-refractivity contribution in [3.63, 3.8) is 0 Å². The number of carbonyl (C=O) groups excluding carboxylic acids is 1. The highest BCUT2D eigenvalue weighted by atomic mass is 32.2. The van der Waals surface area contributed by atoms with E-state index in [-0.39, 0.29) is 10.8 Å². The van der Waals surface area contributed by atoms with Gasteiger partial charge < -0.3 is 10.2 Å². The molecule has 0 bridgehead atoms. The number of anilines is 1. The van der Waals surface area contributed by atoms with Gasteiger partial charge in [0, 0.05) is 30.9 Å². The molecule has 5 heteroatoms. The van der Waals surface area contributed by atoms with E-state index in [4.69, 9.17) is 0 Å². The van der Waals surface area contributed by atoms with E-state index >= 15 is 0 Å². The second kappa shape index (κ2) is 7.74. The molecule has 0 aliphatic carbocycles. The number of rotatable bonds is 5. The highest BCUT2D eigenvalue weighted by Crippen LogP contribution is 2.17. The summed E-state index contributed by atoms with van der Waals surface area (Å²) in [5.41, 5.74) is 1.79. The van der Waals surface area contributed by atoms with Gasteiger partial charge in [-0.2, -0.15) is 0 Å². The first-order valence-corrected chi connectivity index (χ1v) is 8.35. The maximum Gasteiger partial charge on any atom is 0.266 e. The number of carbonyl (C=O) groups is 1. The van der Waals surface area contributed by atoms with Gasteiger partial charge in [0.15, 0.2) is 0 Å². The first-order valence-electron chi connectivity index (χ1n) is 7.20. The van der Waals surface area contributed by atoms with Gasteiger partial charge >= 0.3 is 0 Å². The van der Waals surface area contributed by atoms with Crippen molar-refractivity contribution in [2.75, 3.05) is 19.4 Å². The van der Waals surface area contributed by atoms with Gasteiger partial charge in [-0.05, 0) is 31.2 Å². The summed E-state index contributed by atoms with van der Waals surface area (Å²) < 4.78 is 12.7. The van der Waals surface area contributed by atoms with Crippen LogP contribution in [-0.2, 0) is 15.6 Å². The fourth-order valence-electron chi connectivity index (χ4n) is 1.93. The predicted octanol–water partition coefficient (Wildman–Crippen LogP) is 3.14. The van der Waals surface area contributed by atoms with E-state index in [1.54, 1.807) is 49.5 Å². The molecule has 4 nitrogen and oxygen atoms in total. The summed E-state index contributed by atoms with van der Waals surface area (Å²) in [5.74, 6) is -0.371. The second-order valence-electron chi connectivity index (χ2n) is 5.36. The van der Waals surface area contributed by atoms with Crippen LogP contribution in [0.3, 0.4) is 0 Å². The third-order valence-electron chi connectivity index (χ3n) is 3.07. The molecule has 0 heterocycles. The largest absolute Gasteiger partial charge is 0.382 e. The van der Waals surface area contributed by atoms with Gasteiger partial charge in [-0.3, -0.25) is 4.79 Å². The summed E-state index contributed by atoms with van der Waals surface area (Å²) in [5, 5.41) is 2.80. The Morgan fingerprint density at radius 2 is 1.65 bits per heavy atom. The molecule has 2 aromatic rings. The quantitative estimate of drug-likeness (QED) is 0.858. The van der Waals surface area contributed by atoms with Crippen LogP contribution in [0.5, 0.6) is 0 Å². The Balaban J connectivity index is 2.26. The Hall–Kier alpha value is -2.40. The van der Waals surface area contributed by atoms with Crippen LogP contribution >= 0.6 is 0 Å². The molecule has 0 radical (unpaired) electrons. The van der Waals surface area contributed by atoms with Crippen molar-refractivity contribution in [1.29, 1.82) is 0 Å². The van der Waals surface area contributed by atoms with Gasteiger partial charge in [0.2, 0.25) is 0 Å². The van der Waals surface area contributed by atoms with Crippen molar-refractivity contribution in [2.45, 2.75) is 11.8 Å². The highest BCUT2D eigenvalue weighted by molar-refractivity contribution is 7.90. The monoisotopic (exact) mass is 328 g/mol. The van der Waals surface area contributed by atoms with Gasteiger partial charge in [-0.15, -0.1) is 0 Å². The molecule has 120 valence electrons. The summed E-state index contributed by atoms with van der Waals surface area (Å²) in [6.45, 7) is 1.98. The Morgan fingerprint density at radius 3 is 2.22 bits per heavy atom. The lowest BCUT2D eigenvalue weighted by atomic mass is 10.2. The molecule has 0 spiro atoms. The van der Waals surface area contributed by atoms with Crippen molar-refractivity contribution in [2.24, 2.45) is 0 Å². The Bertz CT molecular complexity index is 722. The first kappa shape index (κ1) is 17.0. The SMILES string of the molecule is Cc1ccc(NC(=O)/C(=C/N(C)C)S(=O)c2ccccc2)cc1. The lowest BCUT2D eigenvalue weighted by Crippen LogP contribution is -2.20. The maximum atomic E-state index is 12.7. The van der Waals surface area contributed by atoms with E-state index in [2.05, 4.69) is 5.32 Å². The number of nitrogens with one attached hydrogen (secondary N) is 1. The minimum atomic E-state index is -1.54. The molecule has 1 N–H and O–H groups in total. The fourth-order valence-corrected chi connectivity index (χ4v) is 3.11. The summed E-state index contributed by atoms with van der Waals surface area (Å²) >= 11 is 0. The van der Waals surface area contributed by atoms with Crippen molar-refractivity contribution >= 4 is 22.4 Å². The molecule has 0 aromatic heterocycles. The van der Waals surface area contributed by atoms with E-state index in [0.717, 1.165) is 5.56 Å². The van der Waals surface area contributed by atoms with Crippen LogP contribution in [-0.4, -0.2) is 29.1 Å². The maximum absolute atomic E-state index is 12.7. The van der Waals surface area contributed by atoms with Gasteiger partial charge in [0.25, 0.3) is 5.91 Å². The molecular formula is C18H20N2O2S. The fraction of sp³-hybridized carbons (Fsp3) is 0.167. The zero-order valence-electron chi connectivity index (χ0n) is 13.4. The minimum absolute atomic E-state index is 0.210. The topological polar surface area (TPSA) is 49.4 Å². The summed E-state index contributed by atoms with van der Waals surface area (Å²) in [6, 6.07) is 16.4. The van der Waals surface area contributed by atoms with E-state index in [9.17, 15) is 9.00 Å². The molecule has 0 saturated carbocycles. The predicted molar refractivity (Wildman–Crippen MR) is 94.4 cm³/mol. The van der Waals surface area contributed by atoms with E-state index < -0.39 is 10.8 Å². The lowest BCUT2D eigenvalue weighted by molar-refractivity contribution is -0.112. The van der Waals surface area contributed by atoms with E-state index in [1.807, 2.05) is 37.3 Å². The average Bonchev–Trinajstić information content (AvgIpc) is 2.54. The van der Waals surface area contributed by atoms with Gasteiger partial charge in [-0.25, -0.2) is 4.21 Å². The molecule has 0 aliphatic rings. The zero-order valence-corrected chi connectivity index (χ0v) is 14.3. The number of hydrogen-bond acceptors (Lipinski definition) is 3. The smallest absolute Gasteiger partial charge is 0.266 e. The molecule has 0 aliphatic heterocycles. The van der Waals surface area contributed by atoms with Gasteiger partial charge in [0.1, 0.15) is 4.91 Å². The Morgan fingerprint density at radius 1 is 1.04 bits per heavy atom. The van der Waals surface area contributed by atoms with Crippen LogP contribution in [0.15, 0.2) is 70.6 Å². The molecule has 0 fully saturated rings. The number of benzene rings is 2. The van der Waals surface area contributed by atoms with E-state index in [1.165, 1.54) is 0 Å². The van der Waals surface area contributed by atoms with Gasteiger partial charge in [-0.1, -0.05) is 35.9 Å². The van der Waals surface area contributed by atoms with Crippen molar-refractivity contribution in [1.82, 2.24) is 4.90 Å². The number of aryl methyl sites for hydroxylation is 1. The Labute approximate surface area is 139 Å². The molecule has 2 rings (SSSR count). The molecule has 2 aromatic carbocycles. The van der Waals surface area contributed by atoms with E-state index in [0.29, 0.717) is 10.6 Å². The normalized spacial score (nSPS) is 12.6. The third kappa shape index (κ3) is 4.79. The second-order valence-corrected chi connectivity index (χ2v) is 6.81. The van der Waals surface area contributed by atoms with Crippen LogP contribution in [0.1, 0.15) is 5.56 Å². The van der Waals surface area contributed by atoms with Crippen LogP contribution in [0.25, 0.3) is 0 Å². The third-order valence-corrected chi connectivity index (χ3v) is 4.46. The lowest BCUT2D eigenvalue weighted by Gasteiger charge is -2.12. The molecular weight excluding hydrogens is 308 g/mol. The number of hydrogen-bond donors (Lipinski definition) is 1. The molecule has 23 heavy (non-hydrogen) atoms. The van der Waals surface area contributed by atoms with Crippen molar-refractivity contribution in [3.8, 4) is 0 Å². The highest BCUT2D eigenvalue weighted by Gasteiger charge is 2.19. The summed E-state index contributed by atoms with van der Waals surface area (Å²) in [6.07, 6.45) is 1.59. The van der Waals surface area contributed by atoms with Gasteiger partial charge in [0.05, 0.1) is 10.8 Å². The van der Waals surface area contributed by atoms with Crippen LogP contribution in [0, 0.1) is 6.92 Å².